The van der Waals surface area contributed by atoms with Crippen molar-refractivity contribution in [1.29, 1.82) is 0 Å². The van der Waals surface area contributed by atoms with E-state index in [1.54, 1.807) is 6.92 Å². The molecular weight excluding hydrogens is 292 g/mol. The fraction of sp³-hybridized carbons (Fsp3) is 0.0500. The van der Waals surface area contributed by atoms with Gasteiger partial charge in [-0.25, -0.2) is 0 Å². The van der Waals surface area contributed by atoms with E-state index in [1.165, 1.54) is 16.2 Å². The SMILES string of the molecule is CC(=O)c1c(Cl)ccc2c1ccc1c3ccccc3ccc21. The van der Waals surface area contributed by atoms with Gasteiger partial charge >= 0.3 is 0 Å². The average molecular weight is 305 g/mol. The molecule has 0 aliphatic carbocycles. The standard InChI is InChI=1S/C20H13ClO/c1-12(22)20-18-9-8-15-14-5-3-2-4-13(14)6-7-16(15)17(18)10-11-19(20)21/h2-11H,1H3. The van der Waals surface area contributed by atoms with Gasteiger partial charge in [-0.3, -0.25) is 4.79 Å². The van der Waals surface area contributed by atoms with E-state index in [9.17, 15) is 4.79 Å². The molecule has 0 heterocycles. The van der Waals surface area contributed by atoms with Crippen LogP contribution in [0.5, 0.6) is 0 Å². The molecule has 0 aliphatic heterocycles. The van der Waals surface area contributed by atoms with Crippen LogP contribution in [-0.2, 0) is 0 Å². The maximum absolute atomic E-state index is 11.9. The summed E-state index contributed by atoms with van der Waals surface area (Å²) < 4.78 is 0. The number of rotatable bonds is 1. The van der Waals surface area contributed by atoms with Crippen LogP contribution in [0.3, 0.4) is 0 Å². The molecule has 0 spiro atoms. The van der Waals surface area contributed by atoms with Crippen molar-refractivity contribution in [3.05, 3.63) is 71.2 Å². The van der Waals surface area contributed by atoms with E-state index in [4.69, 9.17) is 11.6 Å². The van der Waals surface area contributed by atoms with Crippen molar-refractivity contribution in [2.75, 3.05) is 0 Å². The van der Waals surface area contributed by atoms with Crippen molar-refractivity contribution >= 4 is 49.7 Å². The number of benzene rings is 4. The zero-order valence-electron chi connectivity index (χ0n) is 12.1. The summed E-state index contributed by atoms with van der Waals surface area (Å²) >= 11 is 6.22. The molecule has 4 aromatic rings. The Balaban J connectivity index is 2.23. The molecule has 0 unspecified atom stereocenters. The van der Waals surface area contributed by atoms with Gasteiger partial charge in [0.2, 0.25) is 0 Å². The van der Waals surface area contributed by atoms with Crippen molar-refractivity contribution in [2.24, 2.45) is 0 Å². The third-order valence-corrected chi connectivity index (χ3v) is 4.54. The van der Waals surface area contributed by atoms with Gasteiger partial charge in [0.15, 0.2) is 5.78 Å². The van der Waals surface area contributed by atoms with Gasteiger partial charge in [-0.15, -0.1) is 0 Å². The van der Waals surface area contributed by atoms with Crippen LogP contribution in [-0.4, -0.2) is 5.78 Å². The van der Waals surface area contributed by atoms with E-state index in [2.05, 4.69) is 36.4 Å². The van der Waals surface area contributed by atoms with Gasteiger partial charge in [-0.05, 0) is 45.3 Å². The van der Waals surface area contributed by atoms with Crippen LogP contribution in [0.15, 0.2) is 60.7 Å². The first-order chi connectivity index (χ1) is 10.7. The third kappa shape index (κ3) is 1.83. The molecule has 0 amide bonds. The molecule has 0 aromatic heterocycles. The average Bonchev–Trinajstić information content (AvgIpc) is 2.53. The summed E-state index contributed by atoms with van der Waals surface area (Å²) in [6.45, 7) is 1.56. The Kier molecular flexibility index (Phi) is 2.91. The second kappa shape index (κ2) is 4.82. The molecule has 0 atom stereocenters. The monoisotopic (exact) mass is 304 g/mol. The van der Waals surface area contributed by atoms with E-state index < -0.39 is 0 Å². The molecule has 4 rings (SSSR count). The number of ketones is 1. The molecule has 2 heteroatoms. The quantitative estimate of drug-likeness (QED) is 0.311. The summed E-state index contributed by atoms with van der Waals surface area (Å²) in [7, 11) is 0. The first-order valence-corrected chi connectivity index (χ1v) is 7.58. The Morgan fingerprint density at radius 3 is 2.14 bits per heavy atom. The summed E-state index contributed by atoms with van der Waals surface area (Å²) in [5, 5.41) is 7.29. The first kappa shape index (κ1) is 13.3. The largest absolute Gasteiger partial charge is 0.294 e. The Hall–Kier alpha value is -2.38. The molecule has 0 radical (unpaired) electrons. The van der Waals surface area contributed by atoms with Crippen LogP contribution in [0, 0.1) is 0 Å². The number of halogens is 1. The zero-order chi connectivity index (χ0) is 15.3. The third-order valence-electron chi connectivity index (χ3n) is 4.22. The molecule has 4 aromatic carbocycles. The number of fused-ring (bicyclic) bond motifs is 5. The van der Waals surface area contributed by atoms with Crippen molar-refractivity contribution in [3.63, 3.8) is 0 Å². The van der Waals surface area contributed by atoms with Crippen LogP contribution in [0.1, 0.15) is 17.3 Å². The highest BCUT2D eigenvalue weighted by Gasteiger charge is 2.13. The zero-order valence-corrected chi connectivity index (χ0v) is 12.8. The molecular formula is C20H13ClO. The van der Waals surface area contributed by atoms with E-state index >= 15 is 0 Å². The summed E-state index contributed by atoms with van der Waals surface area (Å²) in [4.78, 5) is 11.9. The summed E-state index contributed by atoms with van der Waals surface area (Å²) in [5.41, 5.74) is 0.606. The van der Waals surface area contributed by atoms with Gasteiger partial charge in [-0.1, -0.05) is 66.2 Å². The minimum Gasteiger partial charge on any atom is -0.294 e. The van der Waals surface area contributed by atoms with Crippen LogP contribution in [0.25, 0.3) is 32.3 Å². The topological polar surface area (TPSA) is 17.1 Å². The lowest BCUT2D eigenvalue weighted by Crippen LogP contribution is -1.95. The predicted octanol–water partition coefficient (Wildman–Crippen LogP) is 6.00. The van der Waals surface area contributed by atoms with E-state index in [0.29, 0.717) is 10.6 Å². The fourth-order valence-electron chi connectivity index (χ4n) is 3.24. The maximum atomic E-state index is 11.9. The minimum absolute atomic E-state index is 0.00395. The number of carbonyl (C=O) groups excluding carboxylic acids is 1. The van der Waals surface area contributed by atoms with Crippen molar-refractivity contribution < 1.29 is 4.79 Å². The number of hydrogen-bond acceptors (Lipinski definition) is 1. The lowest BCUT2D eigenvalue weighted by atomic mass is 9.94. The molecule has 22 heavy (non-hydrogen) atoms. The van der Waals surface area contributed by atoms with Gasteiger partial charge in [0.1, 0.15) is 0 Å². The molecule has 106 valence electrons. The number of carbonyl (C=O) groups is 1. The summed E-state index contributed by atoms with van der Waals surface area (Å²) in [5.74, 6) is -0.00395. The first-order valence-electron chi connectivity index (χ1n) is 7.20. The molecule has 0 N–H and O–H groups in total. The maximum Gasteiger partial charge on any atom is 0.161 e. The molecule has 0 saturated heterocycles. The second-order valence-corrected chi connectivity index (χ2v) is 5.93. The highest BCUT2D eigenvalue weighted by Crippen LogP contribution is 2.34. The Labute approximate surface area is 133 Å². The Morgan fingerprint density at radius 1 is 0.727 bits per heavy atom. The number of Topliss-reactive ketones (excluding diaryl/α,β-unsaturated/α-hetero) is 1. The van der Waals surface area contributed by atoms with Crippen molar-refractivity contribution in [3.8, 4) is 0 Å². The van der Waals surface area contributed by atoms with Crippen LogP contribution < -0.4 is 0 Å². The van der Waals surface area contributed by atoms with Gasteiger partial charge < -0.3 is 0 Å². The van der Waals surface area contributed by atoms with Gasteiger partial charge in [0, 0.05) is 5.56 Å². The number of hydrogen-bond donors (Lipinski definition) is 0. The molecule has 1 nitrogen and oxygen atoms in total. The molecule has 0 bridgehead atoms. The summed E-state index contributed by atoms with van der Waals surface area (Å²) in [6.07, 6.45) is 0. The van der Waals surface area contributed by atoms with Crippen LogP contribution in [0.4, 0.5) is 0 Å². The highest BCUT2D eigenvalue weighted by molar-refractivity contribution is 6.36. The van der Waals surface area contributed by atoms with Crippen LogP contribution in [0.2, 0.25) is 5.02 Å². The van der Waals surface area contributed by atoms with E-state index in [-0.39, 0.29) is 5.78 Å². The van der Waals surface area contributed by atoms with E-state index in [0.717, 1.165) is 16.2 Å². The predicted molar refractivity (Wildman–Crippen MR) is 94.0 cm³/mol. The second-order valence-electron chi connectivity index (χ2n) is 5.52. The highest BCUT2D eigenvalue weighted by atomic mass is 35.5. The lowest BCUT2D eigenvalue weighted by molar-refractivity contribution is 0.101. The molecule has 0 saturated carbocycles. The normalized spacial score (nSPS) is 11.4. The molecule has 0 fully saturated rings. The minimum atomic E-state index is -0.00395. The van der Waals surface area contributed by atoms with E-state index in [1.807, 2.05) is 24.3 Å². The summed E-state index contributed by atoms with van der Waals surface area (Å²) in [6, 6.07) is 20.5. The molecule has 0 aliphatic rings. The lowest BCUT2D eigenvalue weighted by Gasteiger charge is -2.11. The van der Waals surface area contributed by atoms with Gasteiger partial charge in [0.25, 0.3) is 0 Å². The fourth-order valence-corrected chi connectivity index (χ4v) is 3.53. The van der Waals surface area contributed by atoms with Crippen molar-refractivity contribution in [1.82, 2.24) is 0 Å². The van der Waals surface area contributed by atoms with Crippen molar-refractivity contribution in [2.45, 2.75) is 6.92 Å². The smallest absolute Gasteiger partial charge is 0.161 e. The van der Waals surface area contributed by atoms with Gasteiger partial charge in [0.05, 0.1) is 5.02 Å². The Bertz CT molecular complexity index is 1060. The Morgan fingerprint density at radius 2 is 1.32 bits per heavy atom. The van der Waals surface area contributed by atoms with Crippen LogP contribution >= 0.6 is 11.6 Å². The van der Waals surface area contributed by atoms with Gasteiger partial charge in [-0.2, -0.15) is 0 Å².